The lowest BCUT2D eigenvalue weighted by molar-refractivity contribution is -0.123. The predicted molar refractivity (Wildman–Crippen MR) is 87.3 cm³/mol. The topological polar surface area (TPSA) is 65.5 Å². The number of nitrogens with zero attached hydrogens (tertiary/aromatic N) is 1. The Bertz CT molecular complexity index is 314. The number of guanidine groups is 1. The molecule has 6 heteroatoms. The van der Waals surface area contributed by atoms with Gasteiger partial charge in [0.2, 0.25) is 5.91 Å². The average molecular weight is 300 g/mol. The van der Waals surface area contributed by atoms with Gasteiger partial charge in [-0.3, -0.25) is 9.79 Å². The van der Waals surface area contributed by atoms with Gasteiger partial charge in [-0.1, -0.05) is 13.8 Å². The first-order chi connectivity index (χ1) is 9.63. The molecule has 1 rings (SSSR count). The summed E-state index contributed by atoms with van der Waals surface area (Å²) in [5, 5.41) is 9.61. The summed E-state index contributed by atoms with van der Waals surface area (Å²) in [5.74, 6) is 3.40. The monoisotopic (exact) mass is 300 g/mol. The van der Waals surface area contributed by atoms with E-state index in [2.05, 4.69) is 27.9 Å². The Labute approximate surface area is 126 Å². The van der Waals surface area contributed by atoms with E-state index >= 15 is 0 Å². The van der Waals surface area contributed by atoms with Gasteiger partial charge in [0.05, 0.1) is 6.54 Å². The Hall–Kier alpha value is -0.910. The van der Waals surface area contributed by atoms with Gasteiger partial charge in [-0.2, -0.15) is 11.8 Å². The number of carbonyl (C=O) groups excluding carboxylic acids is 1. The summed E-state index contributed by atoms with van der Waals surface area (Å²) >= 11 is 2.00. The van der Waals surface area contributed by atoms with Crippen molar-refractivity contribution in [1.82, 2.24) is 16.0 Å². The molecule has 1 fully saturated rings. The lowest BCUT2D eigenvalue weighted by Gasteiger charge is -2.24. The molecule has 1 unspecified atom stereocenters. The number of rotatable bonds is 6. The lowest BCUT2D eigenvalue weighted by atomic mass is 10.2. The van der Waals surface area contributed by atoms with Crippen molar-refractivity contribution in [2.45, 2.75) is 39.7 Å². The van der Waals surface area contributed by atoms with Crippen molar-refractivity contribution in [3.8, 4) is 0 Å². The van der Waals surface area contributed by atoms with Crippen molar-refractivity contribution in [3.05, 3.63) is 0 Å². The average Bonchev–Trinajstić information content (AvgIpc) is 2.44. The summed E-state index contributed by atoms with van der Waals surface area (Å²) in [6.07, 6.45) is 2.48. The summed E-state index contributed by atoms with van der Waals surface area (Å²) < 4.78 is 0. The third kappa shape index (κ3) is 7.03. The molecule has 0 aliphatic carbocycles. The highest BCUT2D eigenvalue weighted by Gasteiger charge is 2.14. The molecule has 0 aromatic rings. The second-order valence-electron chi connectivity index (χ2n) is 5.26. The highest BCUT2D eigenvalue weighted by atomic mass is 32.2. The van der Waals surface area contributed by atoms with E-state index in [0.29, 0.717) is 19.1 Å². The third-order valence-electron chi connectivity index (χ3n) is 3.05. The molecule has 1 amide bonds. The number of thioether (sulfide) groups is 1. The maximum absolute atomic E-state index is 11.4. The standard InChI is InChI=1S/C14H28N4OS/c1-4-15-14(18-12-6-5-9-20-10-12)17-8-7-16-13(19)11(2)3/h11-12H,4-10H2,1-3H3,(H,16,19)(H2,15,17,18). The van der Waals surface area contributed by atoms with Crippen molar-refractivity contribution in [2.75, 3.05) is 31.1 Å². The fraction of sp³-hybridized carbons (Fsp3) is 0.857. The van der Waals surface area contributed by atoms with Gasteiger partial charge < -0.3 is 16.0 Å². The molecule has 3 N–H and O–H groups in total. The summed E-state index contributed by atoms with van der Waals surface area (Å²) in [7, 11) is 0. The molecule has 1 atom stereocenters. The highest BCUT2D eigenvalue weighted by molar-refractivity contribution is 7.99. The van der Waals surface area contributed by atoms with Crippen molar-refractivity contribution in [2.24, 2.45) is 10.9 Å². The van der Waals surface area contributed by atoms with Gasteiger partial charge in [0.15, 0.2) is 5.96 Å². The molecule has 5 nitrogen and oxygen atoms in total. The van der Waals surface area contributed by atoms with E-state index in [9.17, 15) is 4.79 Å². The number of aliphatic imine (C=N–C) groups is 1. The van der Waals surface area contributed by atoms with Crippen molar-refractivity contribution in [3.63, 3.8) is 0 Å². The first-order valence-corrected chi connectivity index (χ1v) is 8.69. The van der Waals surface area contributed by atoms with Crippen LogP contribution in [-0.2, 0) is 4.79 Å². The van der Waals surface area contributed by atoms with Crippen LogP contribution in [0.2, 0.25) is 0 Å². The predicted octanol–water partition coefficient (Wildman–Crippen LogP) is 1.21. The zero-order valence-electron chi connectivity index (χ0n) is 12.9. The minimum Gasteiger partial charge on any atom is -0.357 e. The quantitative estimate of drug-likeness (QED) is 0.392. The van der Waals surface area contributed by atoms with E-state index in [1.165, 1.54) is 18.6 Å². The van der Waals surface area contributed by atoms with Crippen LogP contribution in [0.4, 0.5) is 0 Å². The van der Waals surface area contributed by atoms with E-state index in [1.54, 1.807) is 0 Å². The van der Waals surface area contributed by atoms with Crippen LogP contribution in [0.15, 0.2) is 4.99 Å². The molecule has 1 aliphatic heterocycles. The highest BCUT2D eigenvalue weighted by Crippen LogP contribution is 2.16. The van der Waals surface area contributed by atoms with Crippen LogP contribution >= 0.6 is 11.8 Å². The Balaban J connectivity index is 2.32. The summed E-state index contributed by atoms with van der Waals surface area (Å²) in [6.45, 7) is 7.90. The molecule has 0 saturated carbocycles. The Morgan fingerprint density at radius 1 is 1.40 bits per heavy atom. The Morgan fingerprint density at radius 2 is 2.20 bits per heavy atom. The molecule has 0 spiro atoms. The molecular formula is C14H28N4OS. The van der Waals surface area contributed by atoms with Crippen molar-refractivity contribution >= 4 is 23.6 Å². The van der Waals surface area contributed by atoms with E-state index in [0.717, 1.165) is 18.3 Å². The van der Waals surface area contributed by atoms with E-state index in [-0.39, 0.29) is 11.8 Å². The summed E-state index contributed by atoms with van der Waals surface area (Å²) in [6, 6.07) is 0.511. The molecule has 1 saturated heterocycles. The maximum Gasteiger partial charge on any atom is 0.222 e. The van der Waals surface area contributed by atoms with Crippen LogP contribution < -0.4 is 16.0 Å². The van der Waals surface area contributed by atoms with Crippen LogP contribution in [0.25, 0.3) is 0 Å². The van der Waals surface area contributed by atoms with Gasteiger partial charge in [0.25, 0.3) is 0 Å². The van der Waals surface area contributed by atoms with E-state index < -0.39 is 0 Å². The third-order valence-corrected chi connectivity index (χ3v) is 4.27. The van der Waals surface area contributed by atoms with Crippen LogP contribution in [0, 0.1) is 5.92 Å². The lowest BCUT2D eigenvalue weighted by Crippen LogP contribution is -2.45. The zero-order valence-corrected chi connectivity index (χ0v) is 13.7. The fourth-order valence-electron chi connectivity index (χ4n) is 1.92. The van der Waals surface area contributed by atoms with E-state index in [1.807, 2.05) is 25.6 Å². The fourth-order valence-corrected chi connectivity index (χ4v) is 2.99. The van der Waals surface area contributed by atoms with Crippen LogP contribution in [0.1, 0.15) is 33.6 Å². The van der Waals surface area contributed by atoms with Crippen LogP contribution in [0.5, 0.6) is 0 Å². The normalized spacial score (nSPS) is 19.8. The van der Waals surface area contributed by atoms with Gasteiger partial charge in [-0.25, -0.2) is 0 Å². The second kappa shape index (κ2) is 9.91. The molecule has 0 aromatic carbocycles. The van der Waals surface area contributed by atoms with Gasteiger partial charge >= 0.3 is 0 Å². The molecule has 1 heterocycles. The van der Waals surface area contributed by atoms with Crippen molar-refractivity contribution < 1.29 is 4.79 Å². The van der Waals surface area contributed by atoms with Crippen LogP contribution in [-0.4, -0.2) is 49.0 Å². The number of hydrogen-bond acceptors (Lipinski definition) is 3. The molecule has 20 heavy (non-hydrogen) atoms. The van der Waals surface area contributed by atoms with Gasteiger partial charge in [-0.15, -0.1) is 0 Å². The minimum atomic E-state index is 0.0320. The SMILES string of the molecule is CCNC(=NCCNC(=O)C(C)C)NC1CCCSC1. The molecule has 0 bridgehead atoms. The van der Waals surface area contributed by atoms with E-state index in [4.69, 9.17) is 0 Å². The minimum absolute atomic E-state index is 0.0320. The Kier molecular flexibility index (Phi) is 8.49. The van der Waals surface area contributed by atoms with Gasteiger partial charge in [0, 0.05) is 30.8 Å². The maximum atomic E-state index is 11.4. The first kappa shape index (κ1) is 17.1. The van der Waals surface area contributed by atoms with Crippen LogP contribution in [0.3, 0.4) is 0 Å². The Morgan fingerprint density at radius 3 is 2.80 bits per heavy atom. The molecule has 0 aromatic heterocycles. The summed E-state index contributed by atoms with van der Waals surface area (Å²) in [5.41, 5.74) is 0. The number of nitrogens with one attached hydrogen (secondary N) is 3. The molecule has 1 aliphatic rings. The molecule has 0 radical (unpaired) electrons. The zero-order chi connectivity index (χ0) is 14.8. The number of amides is 1. The molecule has 116 valence electrons. The summed E-state index contributed by atoms with van der Waals surface area (Å²) in [4.78, 5) is 15.9. The van der Waals surface area contributed by atoms with Gasteiger partial charge in [-0.05, 0) is 25.5 Å². The smallest absolute Gasteiger partial charge is 0.222 e. The van der Waals surface area contributed by atoms with Gasteiger partial charge in [0.1, 0.15) is 0 Å². The largest absolute Gasteiger partial charge is 0.357 e. The number of carbonyl (C=O) groups is 1. The first-order valence-electron chi connectivity index (χ1n) is 7.53. The molecular weight excluding hydrogens is 272 g/mol. The number of hydrogen-bond donors (Lipinski definition) is 3. The van der Waals surface area contributed by atoms with Crippen molar-refractivity contribution in [1.29, 1.82) is 0 Å². The second-order valence-corrected chi connectivity index (χ2v) is 6.41.